The van der Waals surface area contributed by atoms with E-state index in [4.69, 9.17) is 11.6 Å². The van der Waals surface area contributed by atoms with Crippen LogP contribution in [0.15, 0.2) is 70.3 Å². The molecule has 1 heterocycles. The quantitative estimate of drug-likeness (QED) is 0.342. The molecule has 190 valence electrons. The molecule has 0 aliphatic rings. The lowest BCUT2D eigenvalue weighted by Crippen LogP contribution is -2.42. The monoisotopic (exact) mass is 524 g/mol. The number of halogens is 2. The number of rotatable bonds is 7. The molecule has 1 aromatic heterocycles. The SMILES string of the molecule is CNc1ccc2c(c1)c(=O)n(-c1ccc(C[C@H](NC(=O)c3c(F)cccc3Cl)C(=O)O)cc1)c(=O)n2C. The van der Waals surface area contributed by atoms with Crippen molar-refractivity contribution < 1.29 is 19.1 Å². The van der Waals surface area contributed by atoms with Gasteiger partial charge in [-0.3, -0.25) is 14.2 Å². The Hall–Kier alpha value is -4.44. The molecule has 0 unspecified atom stereocenters. The van der Waals surface area contributed by atoms with E-state index in [1.165, 1.54) is 28.8 Å². The minimum Gasteiger partial charge on any atom is -0.480 e. The number of hydrogen-bond donors (Lipinski definition) is 3. The van der Waals surface area contributed by atoms with Crippen molar-refractivity contribution in [2.45, 2.75) is 12.5 Å². The first kappa shape index (κ1) is 25.6. The van der Waals surface area contributed by atoms with Gasteiger partial charge < -0.3 is 15.7 Å². The number of benzene rings is 3. The topological polar surface area (TPSA) is 122 Å². The molecule has 0 saturated carbocycles. The van der Waals surface area contributed by atoms with Crippen molar-refractivity contribution in [2.75, 3.05) is 12.4 Å². The van der Waals surface area contributed by atoms with Crippen LogP contribution in [0.1, 0.15) is 15.9 Å². The molecule has 37 heavy (non-hydrogen) atoms. The van der Waals surface area contributed by atoms with Crippen LogP contribution in [0.25, 0.3) is 16.6 Å². The largest absolute Gasteiger partial charge is 0.480 e. The molecule has 3 N–H and O–H groups in total. The van der Waals surface area contributed by atoms with Gasteiger partial charge in [0.05, 0.1) is 27.2 Å². The molecular weight excluding hydrogens is 503 g/mol. The molecule has 11 heteroatoms. The number of nitrogens with zero attached hydrogens (tertiary/aromatic N) is 2. The minimum absolute atomic E-state index is 0.135. The number of aliphatic carboxylic acids is 1. The fraction of sp³-hybridized carbons (Fsp3) is 0.154. The Balaban J connectivity index is 1.63. The van der Waals surface area contributed by atoms with Gasteiger partial charge in [-0.05, 0) is 48.0 Å². The second kappa shape index (κ2) is 10.3. The number of nitrogens with one attached hydrogen (secondary N) is 2. The van der Waals surface area contributed by atoms with Crippen LogP contribution in [-0.2, 0) is 18.3 Å². The molecule has 0 spiro atoms. The van der Waals surface area contributed by atoms with Gasteiger partial charge in [-0.25, -0.2) is 18.5 Å². The van der Waals surface area contributed by atoms with Gasteiger partial charge in [0, 0.05) is 26.2 Å². The number of amides is 1. The van der Waals surface area contributed by atoms with Crippen LogP contribution in [-0.4, -0.2) is 39.2 Å². The van der Waals surface area contributed by atoms with Gasteiger partial charge in [-0.15, -0.1) is 0 Å². The van der Waals surface area contributed by atoms with Crippen LogP contribution in [0, 0.1) is 5.82 Å². The van der Waals surface area contributed by atoms with Gasteiger partial charge in [0.15, 0.2) is 0 Å². The number of anilines is 1. The predicted molar refractivity (Wildman–Crippen MR) is 138 cm³/mol. The molecule has 0 fully saturated rings. The first-order valence-corrected chi connectivity index (χ1v) is 11.5. The molecule has 1 atom stereocenters. The van der Waals surface area contributed by atoms with E-state index in [2.05, 4.69) is 10.6 Å². The molecule has 0 aliphatic heterocycles. The molecule has 3 aromatic carbocycles. The highest BCUT2D eigenvalue weighted by molar-refractivity contribution is 6.33. The van der Waals surface area contributed by atoms with Gasteiger partial charge in [-0.2, -0.15) is 0 Å². The second-order valence-corrected chi connectivity index (χ2v) is 8.70. The van der Waals surface area contributed by atoms with Crippen LogP contribution in [0.4, 0.5) is 10.1 Å². The highest BCUT2D eigenvalue weighted by Crippen LogP contribution is 2.20. The van der Waals surface area contributed by atoms with Gasteiger partial charge in [0.2, 0.25) is 0 Å². The summed E-state index contributed by atoms with van der Waals surface area (Å²) >= 11 is 5.91. The Morgan fingerprint density at radius 3 is 2.41 bits per heavy atom. The van der Waals surface area contributed by atoms with Crippen LogP contribution >= 0.6 is 11.6 Å². The van der Waals surface area contributed by atoms with Crippen molar-refractivity contribution >= 4 is 40.1 Å². The lowest BCUT2D eigenvalue weighted by molar-refractivity contribution is -0.139. The Kier molecular flexibility index (Phi) is 7.12. The van der Waals surface area contributed by atoms with Crippen molar-refractivity contribution in [3.63, 3.8) is 0 Å². The molecule has 4 rings (SSSR count). The van der Waals surface area contributed by atoms with E-state index in [1.807, 2.05) is 0 Å². The minimum atomic E-state index is -1.38. The molecule has 9 nitrogen and oxygen atoms in total. The van der Waals surface area contributed by atoms with Crippen molar-refractivity contribution in [3.8, 4) is 5.69 Å². The smallest absolute Gasteiger partial charge is 0.335 e. The zero-order valence-corrected chi connectivity index (χ0v) is 20.5. The number of fused-ring (bicyclic) bond motifs is 1. The number of aryl methyl sites for hydroxylation is 1. The van der Waals surface area contributed by atoms with Gasteiger partial charge in [0.25, 0.3) is 11.5 Å². The maximum atomic E-state index is 14.1. The lowest BCUT2D eigenvalue weighted by atomic mass is 10.0. The summed E-state index contributed by atoms with van der Waals surface area (Å²) in [6.45, 7) is 0. The lowest BCUT2D eigenvalue weighted by Gasteiger charge is -2.16. The molecule has 0 bridgehead atoms. The van der Waals surface area contributed by atoms with Crippen molar-refractivity contribution in [1.82, 2.24) is 14.5 Å². The standard InChI is InChI=1S/C26H22ClFN4O5/c1-29-15-8-11-21-17(13-15)24(34)32(26(37)31(21)2)16-9-6-14(7-10-16)12-20(25(35)36)30-23(33)22-18(27)4-3-5-19(22)28/h3-11,13,20,29H,12H2,1-2H3,(H,30,33)(H,35,36)/t20-/m0/s1. The zero-order valence-electron chi connectivity index (χ0n) is 19.8. The maximum Gasteiger partial charge on any atom is 0.335 e. The Morgan fingerprint density at radius 1 is 1.08 bits per heavy atom. The second-order valence-electron chi connectivity index (χ2n) is 8.30. The number of carbonyl (C=O) groups is 2. The van der Waals surface area contributed by atoms with Crippen LogP contribution in [0.5, 0.6) is 0 Å². The first-order valence-electron chi connectivity index (χ1n) is 11.1. The zero-order chi connectivity index (χ0) is 26.9. The number of carbonyl (C=O) groups excluding carboxylic acids is 1. The van der Waals surface area contributed by atoms with Crippen LogP contribution in [0.2, 0.25) is 5.02 Å². The third-order valence-corrected chi connectivity index (χ3v) is 6.30. The Morgan fingerprint density at radius 2 is 1.78 bits per heavy atom. The van der Waals surface area contributed by atoms with Crippen molar-refractivity contribution in [1.29, 1.82) is 0 Å². The number of hydrogen-bond acceptors (Lipinski definition) is 5. The van der Waals surface area contributed by atoms with Gasteiger partial charge in [-0.1, -0.05) is 29.8 Å². The summed E-state index contributed by atoms with van der Waals surface area (Å²) in [6, 6.07) is 13.6. The normalized spacial score (nSPS) is 11.8. The number of carboxylic acids is 1. The van der Waals surface area contributed by atoms with Crippen molar-refractivity contribution in [3.05, 3.63) is 103 Å². The van der Waals surface area contributed by atoms with Gasteiger partial charge >= 0.3 is 11.7 Å². The average molecular weight is 525 g/mol. The van der Waals surface area contributed by atoms with E-state index < -0.39 is 40.5 Å². The van der Waals surface area contributed by atoms with E-state index in [9.17, 15) is 28.7 Å². The molecular formula is C26H22ClFN4O5. The predicted octanol–water partition coefficient (Wildman–Crippen LogP) is 2.95. The Labute approximate surface area is 214 Å². The molecule has 0 radical (unpaired) electrons. The molecule has 1 amide bonds. The summed E-state index contributed by atoms with van der Waals surface area (Å²) in [5, 5.41) is 15.1. The first-order chi connectivity index (χ1) is 17.6. The van der Waals surface area contributed by atoms with E-state index in [0.29, 0.717) is 27.8 Å². The Bertz CT molecular complexity index is 1630. The number of aromatic nitrogens is 2. The van der Waals surface area contributed by atoms with E-state index >= 15 is 0 Å². The summed E-state index contributed by atoms with van der Waals surface area (Å²) in [7, 11) is 3.29. The highest BCUT2D eigenvalue weighted by Gasteiger charge is 2.24. The van der Waals surface area contributed by atoms with Crippen molar-refractivity contribution in [2.24, 2.45) is 7.05 Å². The fourth-order valence-electron chi connectivity index (χ4n) is 4.01. The third-order valence-electron chi connectivity index (χ3n) is 5.99. The molecule has 4 aromatic rings. The van der Waals surface area contributed by atoms with Gasteiger partial charge in [0.1, 0.15) is 11.9 Å². The summed E-state index contributed by atoms with van der Waals surface area (Å²) in [5.74, 6) is -3.16. The summed E-state index contributed by atoms with van der Waals surface area (Å²) in [4.78, 5) is 50.5. The fourth-order valence-corrected chi connectivity index (χ4v) is 4.25. The van der Waals surface area contributed by atoms with Crippen LogP contribution < -0.4 is 21.9 Å². The highest BCUT2D eigenvalue weighted by atomic mass is 35.5. The molecule has 0 saturated heterocycles. The summed E-state index contributed by atoms with van der Waals surface area (Å²) < 4.78 is 16.5. The summed E-state index contributed by atoms with van der Waals surface area (Å²) in [5.41, 5.74) is 0.499. The summed E-state index contributed by atoms with van der Waals surface area (Å²) in [6.07, 6.45) is -0.135. The molecule has 0 aliphatic carbocycles. The average Bonchev–Trinajstić information content (AvgIpc) is 2.87. The van der Waals surface area contributed by atoms with E-state index in [0.717, 1.165) is 10.6 Å². The van der Waals surface area contributed by atoms with E-state index in [-0.39, 0.29) is 11.4 Å². The van der Waals surface area contributed by atoms with Crippen LogP contribution in [0.3, 0.4) is 0 Å². The number of carboxylic acid groups (broad SMARTS) is 1. The maximum absolute atomic E-state index is 14.1. The third kappa shape index (κ3) is 4.96. The van der Waals surface area contributed by atoms with E-state index in [1.54, 1.807) is 44.4 Å².